The maximum absolute atomic E-state index is 2.36. The molecule has 0 aliphatic heterocycles. The molecule has 0 heterocycles. The number of aryl methyl sites for hydroxylation is 1. The molecule has 0 heteroatoms. The van der Waals surface area contributed by atoms with Gasteiger partial charge in [-0.25, -0.2) is 0 Å². The first-order chi connectivity index (χ1) is 12.9. The van der Waals surface area contributed by atoms with E-state index in [-0.39, 0.29) is 0 Å². The van der Waals surface area contributed by atoms with Crippen molar-refractivity contribution in [3.63, 3.8) is 0 Å². The van der Waals surface area contributed by atoms with Crippen LogP contribution in [-0.4, -0.2) is 0 Å². The lowest BCUT2D eigenvalue weighted by atomic mass is 9.88. The van der Waals surface area contributed by atoms with Crippen molar-refractivity contribution in [3.8, 4) is 11.1 Å². The van der Waals surface area contributed by atoms with Gasteiger partial charge in [-0.2, -0.15) is 0 Å². The Morgan fingerprint density at radius 1 is 0.731 bits per heavy atom. The Kier molecular flexibility index (Phi) is 3.78. The first-order valence-electron chi connectivity index (χ1n) is 9.92. The molecule has 1 aliphatic rings. The molecule has 0 spiro atoms. The molecular formula is C26H24. The van der Waals surface area contributed by atoms with Crippen LogP contribution in [0, 0.1) is 0 Å². The maximum atomic E-state index is 2.36. The van der Waals surface area contributed by atoms with Crippen LogP contribution in [0.2, 0.25) is 0 Å². The molecule has 0 bridgehead atoms. The van der Waals surface area contributed by atoms with Crippen molar-refractivity contribution in [2.75, 3.05) is 0 Å². The van der Waals surface area contributed by atoms with E-state index in [1.54, 1.807) is 5.56 Å². The Morgan fingerprint density at radius 3 is 2.38 bits per heavy atom. The fourth-order valence-corrected chi connectivity index (χ4v) is 4.77. The fourth-order valence-electron chi connectivity index (χ4n) is 4.77. The molecule has 26 heavy (non-hydrogen) atoms. The van der Waals surface area contributed by atoms with Gasteiger partial charge in [0.15, 0.2) is 0 Å². The number of rotatable bonds is 4. The van der Waals surface area contributed by atoms with E-state index >= 15 is 0 Å². The van der Waals surface area contributed by atoms with Crippen molar-refractivity contribution in [2.24, 2.45) is 0 Å². The summed E-state index contributed by atoms with van der Waals surface area (Å²) >= 11 is 0. The molecule has 0 nitrogen and oxygen atoms in total. The van der Waals surface area contributed by atoms with Crippen molar-refractivity contribution < 1.29 is 0 Å². The van der Waals surface area contributed by atoms with Crippen molar-refractivity contribution in [2.45, 2.75) is 39.0 Å². The summed E-state index contributed by atoms with van der Waals surface area (Å²) in [6, 6.07) is 24.9. The molecule has 1 aliphatic carbocycles. The van der Waals surface area contributed by atoms with E-state index < -0.39 is 0 Å². The molecule has 0 fully saturated rings. The summed E-state index contributed by atoms with van der Waals surface area (Å²) in [5.41, 5.74) is 7.47. The van der Waals surface area contributed by atoms with Gasteiger partial charge in [-0.1, -0.05) is 86.5 Å². The molecule has 0 saturated carbocycles. The molecule has 0 radical (unpaired) electrons. The van der Waals surface area contributed by atoms with E-state index in [4.69, 9.17) is 0 Å². The molecule has 0 amide bonds. The highest BCUT2D eigenvalue weighted by Gasteiger charge is 2.24. The van der Waals surface area contributed by atoms with Gasteiger partial charge in [0.05, 0.1) is 0 Å². The van der Waals surface area contributed by atoms with E-state index in [1.165, 1.54) is 69.5 Å². The van der Waals surface area contributed by atoms with E-state index in [0.717, 1.165) is 6.42 Å². The van der Waals surface area contributed by atoms with Crippen LogP contribution in [0.1, 0.15) is 42.9 Å². The fraction of sp³-hybridized carbons (Fsp3) is 0.231. The van der Waals surface area contributed by atoms with E-state index in [2.05, 4.69) is 73.7 Å². The van der Waals surface area contributed by atoms with Gasteiger partial charge in [0.25, 0.3) is 0 Å². The average molecular weight is 336 g/mol. The minimum Gasteiger partial charge on any atom is -0.0654 e. The van der Waals surface area contributed by atoms with Gasteiger partial charge in [-0.15, -0.1) is 0 Å². The lowest BCUT2D eigenvalue weighted by molar-refractivity contribution is 0.719. The lowest BCUT2D eigenvalue weighted by Gasteiger charge is -2.16. The second kappa shape index (κ2) is 6.29. The van der Waals surface area contributed by atoms with Crippen LogP contribution in [0.15, 0.2) is 66.7 Å². The van der Waals surface area contributed by atoms with Gasteiger partial charge < -0.3 is 0 Å². The SMILES string of the molecule is CCCCCc1cccc2c1c1c(c3ccccc32)-c2ccccc2C1. The largest absolute Gasteiger partial charge is 0.0654 e. The molecule has 0 N–H and O–H groups in total. The molecule has 0 saturated heterocycles. The van der Waals surface area contributed by atoms with Gasteiger partial charge in [0, 0.05) is 0 Å². The molecule has 0 aromatic heterocycles. The molecule has 4 aromatic carbocycles. The third-order valence-corrected chi connectivity index (χ3v) is 5.94. The zero-order valence-electron chi connectivity index (χ0n) is 15.4. The van der Waals surface area contributed by atoms with Gasteiger partial charge in [0.2, 0.25) is 0 Å². The molecular weight excluding hydrogens is 312 g/mol. The van der Waals surface area contributed by atoms with Crippen LogP contribution >= 0.6 is 0 Å². The van der Waals surface area contributed by atoms with E-state index in [9.17, 15) is 0 Å². The zero-order chi connectivity index (χ0) is 17.5. The van der Waals surface area contributed by atoms with Crippen LogP contribution in [0.25, 0.3) is 32.7 Å². The highest BCUT2D eigenvalue weighted by atomic mass is 14.3. The first-order valence-corrected chi connectivity index (χ1v) is 9.92. The minimum absolute atomic E-state index is 1.07. The molecule has 0 atom stereocenters. The summed E-state index contributed by atoms with van der Waals surface area (Å²) in [7, 11) is 0. The Balaban J connectivity index is 1.87. The number of hydrogen-bond donors (Lipinski definition) is 0. The Labute approximate surface area is 155 Å². The van der Waals surface area contributed by atoms with Crippen LogP contribution in [-0.2, 0) is 12.8 Å². The smallest absolute Gasteiger partial charge is 0.000695 e. The number of hydrogen-bond acceptors (Lipinski definition) is 0. The molecule has 128 valence electrons. The second-order valence-electron chi connectivity index (χ2n) is 7.53. The summed E-state index contributed by atoms with van der Waals surface area (Å²) in [4.78, 5) is 0. The monoisotopic (exact) mass is 336 g/mol. The van der Waals surface area contributed by atoms with Gasteiger partial charge in [0.1, 0.15) is 0 Å². The quantitative estimate of drug-likeness (QED) is 0.239. The van der Waals surface area contributed by atoms with Crippen LogP contribution in [0.3, 0.4) is 0 Å². The minimum atomic E-state index is 1.07. The predicted molar refractivity (Wildman–Crippen MR) is 113 cm³/mol. The van der Waals surface area contributed by atoms with Crippen LogP contribution < -0.4 is 0 Å². The number of fused-ring (bicyclic) bond motifs is 8. The first kappa shape index (κ1) is 15.6. The summed E-state index contributed by atoms with van der Waals surface area (Å²) in [5.74, 6) is 0. The summed E-state index contributed by atoms with van der Waals surface area (Å²) in [6.45, 7) is 2.28. The highest BCUT2D eigenvalue weighted by Crippen LogP contribution is 2.46. The lowest BCUT2D eigenvalue weighted by Crippen LogP contribution is -1.94. The maximum Gasteiger partial charge on any atom is -0.000695 e. The van der Waals surface area contributed by atoms with Gasteiger partial charge in [-0.05, 0) is 68.6 Å². The Bertz CT molecular complexity index is 1120. The third kappa shape index (κ3) is 2.29. The van der Waals surface area contributed by atoms with Crippen LogP contribution in [0.5, 0.6) is 0 Å². The zero-order valence-corrected chi connectivity index (χ0v) is 15.4. The molecule has 0 unspecified atom stereocenters. The van der Waals surface area contributed by atoms with Gasteiger partial charge in [-0.3, -0.25) is 0 Å². The van der Waals surface area contributed by atoms with Crippen molar-refractivity contribution in [1.29, 1.82) is 0 Å². The molecule has 4 aromatic rings. The van der Waals surface area contributed by atoms with E-state index in [0.29, 0.717) is 0 Å². The normalized spacial score (nSPS) is 12.5. The summed E-state index contributed by atoms with van der Waals surface area (Å²) in [6.07, 6.45) is 6.12. The Morgan fingerprint density at radius 2 is 1.50 bits per heavy atom. The standard InChI is InChI=1S/C26H24/c1-2-3-4-10-18-12-9-16-22-21-14-7-8-15-23(21)26-20-13-6-5-11-19(20)17-24(26)25(18)22/h5-9,11-16H,2-4,10,17H2,1H3. The van der Waals surface area contributed by atoms with Crippen LogP contribution in [0.4, 0.5) is 0 Å². The van der Waals surface area contributed by atoms with Crippen molar-refractivity contribution in [3.05, 3.63) is 83.4 Å². The summed E-state index contributed by atoms with van der Waals surface area (Å²) in [5, 5.41) is 5.76. The summed E-state index contributed by atoms with van der Waals surface area (Å²) < 4.78 is 0. The highest BCUT2D eigenvalue weighted by molar-refractivity contribution is 6.18. The van der Waals surface area contributed by atoms with E-state index in [1.807, 2.05) is 0 Å². The van der Waals surface area contributed by atoms with Gasteiger partial charge >= 0.3 is 0 Å². The average Bonchev–Trinajstić information content (AvgIpc) is 3.08. The third-order valence-electron chi connectivity index (χ3n) is 5.94. The number of unbranched alkanes of at least 4 members (excludes halogenated alkanes) is 2. The topological polar surface area (TPSA) is 0 Å². The number of benzene rings is 4. The van der Waals surface area contributed by atoms with Crippen molar-refractivity contribution in [1.82, 2.24) is 0 Å². The predicted octanol–water partition coefficient (Wildman–Crippen LogP) is 7.30. The van der Waals surface area contributed by atoms with Crippen molar-refractivity contribution >= 4 is 21.5 Å². The Hall–Kier alpha value is -2.60. The second-order valence-corrected chi connectivity index (χ2v) is 7.53. The molecule has 5 rings (SSSR count).